The molecule has 0 aliphatic carbocycles. The third kappa shape index (κ3) is 3.26. The third-order valence-electron chi connectivity index (χ3n) is 4.04. The number of carbonyl (C=O) groups is 2. The molecule has 0 aromatic heterocycles. The van der Waals surface area contributed by atoms with Crippen molar-refractivity contribution in [3.05, 3.63) is 59.2 Å². The fourth-order valence-electron chi connectivity index (χ4n) is 3.09. The number of fused-ring (bicyclic) bond motifs is 1. The van der Waals surface area contributed by atoms with Gasteiger partial charge < -0.3 is 10.2 Å². The Morgan fingerprint density at radius 2 is 1.96 bits per heavy atom. The van der Waals surface area contributed by atoms with Gasteiger partial charge >= 0.3 is 0 Å². The van der Waals surface area contributed by atoms with Crippen LogP contribution in [0.2, 0.25) is 0 Å². The highest BCUT2D eigenvalue weighted by Crippen LogP contribution is 2.35. The zero-order chi connectivity index (χ0) is 16.4. The lowest BCUT2D eigenvalue weighted by Gasteiger charge is -2.20. The molecule has 4 heteroatoms. The van der Waals surface area contributed by atoms with Crippen LogP contribution in [0.4, 0.5) is 11.4 Å². The Labute approximate surface area is 136 Å². The van der Waals surface area contributed by atoms with Crippen molar-refractivity contribution in [2.24, 2.45) is 0 Å². The van der Waals surface area contributed by atoms with Crippen molar-refractivity contribution in [3.63, 3.8) is 0 Å². The molecule has 2 aromatic carbocycles. The summed E-state index contributed by atoms with van der Waals surface area (Å²) in [6.07, 6.45) is 1.19. The minimum Gasteiger partial charge on any atom is -0.325 e. The van der Waals surface area contributed by atoms with Crippen molar-refractivity contribution < 1.29 is 9.59 Å². The Kier molecular flexibility index (Phi) is 4.15. The topological polar surface area (TPSA) is 49.4 Å². The Bertz CT molecular complexity index is 768. The molecule has 1 heterocycles. The van der Waals surface area contributed by atoms with Gasteiger partial charge in [0, 0.05) is 13.5 Å². The maximum Gasteiger partial charge on any atom is 0.231 e. The van der Waals surface area contributed by atoms with Crippen LogP contribution in [0.1, 0.15) is 23.6 Å². The summed E-state index contributed by atoms with van der Waals surface area (Å²) < 4.78 is 0. The number of amides is 2. The van der Waals surface area contributed by atoms with Crippen molar-refractivity contribution in [3.8, 4) is 0 Å². The van der Waals surface area contributed by atoms with E-state index >= 15 is 0 Å². The lowest BCUT2D eigenvalue weighted by atomic mass is 10.1. The highest BCUT2D eigenvalue weighted by molar-refractivity contribution is 6.03. The molecule has 0 saturated heterocycles. The number of nitrogens with zero attached hydrogens (tertiary/aromatic N) is 1. The average molecular weight is 308 g/mol. The fraction of sp³-hybridized carbons (Fsp3) is 0.263. The molecule has 1 aliphatic heterocycles. The van der Waals surface area contributed by atoms with E-state index in [1.54, 1.807) is 4.90 Å². The predicted molar refractivity (Wildman–Crippen MR) is 91.7 cm³/mol. The quantitative estimate of drug-likeness (QED) is 0.947. The van der Waals surface area contributed by atoms with E-state index in [1.807, 2.05) is 49.4 Å². The van der Waals surface area contributed by atoms with E-state index in [2.05, 4.69) is 5.32 Å². The molecule has 1 N–H and O–H groups in total. The van der Waals surface area contributed by atoms with Gasteiger partial charge in [-0.05, 0) is 30.5 Å². The molecule has 0 spiro atoms. The van der Waals surface area contributed by atoms with Crippen LogP contribution in [0.3, 0.4) is 0 Å². The summed E-state index contributed by atoms with van der Waals surface area (Å²) in [6, 6.07) is 13.8. The highest BCUT2D eigenvalue weighted by Gasteiger charge is 2.27. The smallest absolute Gasteiger partial charge is 0.231 e. The number of hydrogen-bond acceptors (Lipinski definition) is 2. The van der Waals surface area contributed by atoms with Crippen LogP contribution in [-0.2, 0) is 22.4 Å². The van der Waals surface area contributed by atoms with Gasteiger partial charge in [0.05, 0.1) is 17.8 Å². The van der Waals surface area contributed by atoms with E-state index < -0.39 is 0 Å². The van der Waals surface area contributed by atoms with E-state index in [4.69, 9.17) is 0 Å². The lowest BCUT2D eigenvalue weighted by molar-refractivity contribution is -0.118. The number of benzene rings is 2. The van der Waals surface area contributed by atoms with Gasteiger partial charge in [-0.1, -0.05) is 42.0 Å². The number of nitrogens with one attached hydrogen (secondary N) is 1. The predicted octanol–water partition coefficient (Wildman–Crippen LogP) is 3.09. The molecule has 0 saturated carbocycles. The molecule has 2 aromatic rings. The first-order valence-corrected chi connectivity index (χ1v) is 7.80. The van der Waals surface area contributed by atoms with E-state index in [9.17, 15) is 9.59 Å². The Balaban J connectivity index is 1.86. The molecular formula is C19H20N2O2. The summed E-state index contributed by atoms with van der Waals surface area (Å²) in [5.74, 6) is -0.0662. The first-order valence-electron chi connectivity index (χ1n) is 7.80. The zero-order valence-electron chi connectivity index (χ0n) is 13.4. The van der Waals surface area contributed by atoms with Crippen molar-refractivity contribution in [2.45, 2.75) is 26.7 Å². The highest BCUT2D eigenvalue weighted by atomic mass is 16.2. The molecule has 4 nitrogen and oxygen atoms in total. The van der Waals surface area contributed by atoms with Crippen LogP contribution < -0.4 is 10.2 Å². The number of aryl methyl sites for hydroxylation is 1. The second-order valence-electron chi connectivity index (χ2n) is 5.96. The minimum atomic E-state index is -0.128. The summed E-state index contributed by atoms with van der Waals surface area (Å²) in [5.41, 5.74) is 4.83. The summed E-state index contributed by atoms with van der Waals surface area (Å²) >= 11 is 0. The molecule has 3 rings (SSSR count). The Morgan fingerprint density at radius 3 is 2.70 bits per heavy atom. The molecule has 0 bridgehead atoms. The zero-order valence-corrected chi connectivity index (χ0v) is 13.4. The number of para-hydroxylation sites is 1. The maximum atomic E-state index is 12.7. The second kappa shape index (κ2) is 6.24. The second-order valence-corrected chi connectivity index (χ2v) is 5.96. The standard InChI is InChI=1S/C19H20N2O2/c1-13-5-3-6-15(11-13)12-18(23)21-10-9-16-7-4-8-17(19(16)21)20-14(2)22/h3-8,11H,9-10,12H2,1-2H3,(H,20,22). The monoisotopic (exact) mass is 308 g/mol. The van der Waals surface area contributed by atoms with Gasteiger partial charge in [0.1, 0.15) is 0 Å². The van der Waals surface area contributed by atoms with E-state index in [-0.39, 0.29) is 11.8 Å². The lowest BCUT2D eigenvalue weighted by Crippen LogP contribution is -2.31. The van der Waals surface area contributed by atoms with E-state index in [0.29, 0.717) is 18.7 Å². The molecule has 0 atom stereocenters. The number of anilines is 2. The van der Waals surface area contributed by atoms with Crippen LogP contribution in [0, 0.1) is 6.92 Å². The molecule has 1 aliphatic rings. The fourth-order valence-corrected chi connectivity index (χ4v) is 3.09. The van der Waals surface area contributed by atoms with Gasteiger partial charge in [0.15, 0.2) is 0 Å². The normalized spacial score (nSPS) is 12.9. The van der Waals surface area contributed by atoms with Gasteiger partial charge in [0.2, 0.25) is 11.8 Å². The van der Waals surface area contributed by atoms with E-state index in [1.165, 1.54) is 6.92 Å². The first-order chi connectivity index (χ1) is 11.0. The molecule has 23 heavy (non-hydrogen) atoms. The number of hydrogen-bond donors (Lipinski definition) is 1. The van der Waals surface area contributed by atoms with Gasteiger partial charge in [-0.3, -0.25) is 9.59 Å². The van der Waals surface area contributed by atoms with Crippen molar-refractivity contribution in [1.29, 1.82) is 0 Å². The third-order valence-corrected chi connectivity index (χ3v) is 4.04. The van der Waals surface area contributed by atoms with Crippen LogP contribution in [0.15, 0.2) is 42.5 Å². The van der Waals surface area contributed by atoms with Crippen LogP contribution in [0.25, 0.3) is 0 Å². The van der Waals surface area contributed by atoms with Gasteiger partial charge in [-0.15, -0.1) is 0 Å². The molecule has 0 unspecified atom stereocenters. The minimum absolute atomic E-state index is 0.0622. The van der Waals surface area contributed by atoms with Gasteiger partial charge in [-0.2, -0.15) is 0 Å². The van der Waals surface area contributed by atoms with Crippen LogP contribution >= 0.6 is 0 Å². The van der Waals surface area contributed by atoms with Crippen LogP contribution in [0.5, 0.6) is 0 Å². The van der Waals surface area contributed by atoms with Crippen molar-refractivity contribution >= 4 is 23.2 Å². The largest absolute Gasteiger partial charge is 0.325 e. The molecular weight excluding hydrogens is 288 g/mol. The number of rotatable bonds is 3. The van der Waals surface area contributed by atoms with Gasteiger partial charge in [-0.25, -0.2) is 0 Å². The summed E-state index contributed by atoms with van der Waals surface area (Å²) in [5, 5.41) is 2.83. The summed E-state index contributed by atoms with van der Waals surface area (Å²) in [6.45, 7) is 4.16. The molecule has 0 fully saturated rings. The summed E-state index contributed by atoms with van der Waals surface area (Å²) in [4.78, 5) is 25.9. The number of carbonyl (C=O) groups excluding carboxylic acids is 2. The van der Waals surface area contributed by atoms with Crippen LogP contribution in [-0.4, -0.2) is 18.4 Å². The first kappa shape index (κ1) is 15.3. The average Bonchev–Trinajstić information content (AvgIpc) is 2.92. The molecule has 2 amide bonds. The molecule has 0 radical (unpaired) electrons. The maximum absolute atomic E-state index is 12.7. The van der Waals surface area contributed by atoms with Gasteiger partial charge in [0.25, 0.3) is 0 Å². The van der Waals surface area contributed by atoms with E-state index in [0.717, 1.165) is 28.8 Å². The summed E-state index contributed by atoms with van der Waals surface area (Å²) in [7, 11) is 0. The van der Waals surface area contributed by atoms with Crippen molar-refractivity contribution in [2.75, 3.05) is 16.8 Å². The van der Waals surface area contributed by atoms with Crippen molar-refractivity contribution in [1.82, 2.24) is 0 Å². The Hall–Kier alpha value is -2.62. The SMILES string of the molecule is CC(=O)Nc1cccc2c1N(C(=O)Cc1cccc(C)c1)CC2. The Morgan fingerprint density at radius 1 is 1.17 bits per heavy atom. The molecule has 118 valence electrons.